The SMILES string of the molecule is Cc1ccc2c(c1C1CCN(CC3CCC(n4cc5cc(NC(=O)c6cccc(C(F)(F)F)n6)c(F)cc5n4)CC3)CC1)n(C)c(=O)n2C1CCC(=O)NC1=O. The summed E-state index contributed by atoms with van der Waals surface area (Å²) < 4.78 is 59.3. The monoisotopic (exact) mass is 774 g/mol. The van der Waals surface area contributed by atoms with Crippen LogP contribution in [0.2, 0.25) is 0 Å². The molecule has 3 fully saturated rings. The summed E-state index contributed by atoms with van der Waals surface area (Å²) >= 11 is 0. The first-order valence-corrected chi connectivity index (χ1v) is 19.1. The third kappa shape index (κ3) is 7.10. The van der Waals surface area contributed by atoms with Crippen LogP contribution in [-0.2, 0) is 22.8 Å². The van der Waals surface area contributed by atoms with Crippen LogP contribution < -0.4 is 16.3 Å². The van der Waals surface area contributed by atoms with E-state index in [9.17, 15) is 32.3 Å². The molecule has 2 aliphatic heterocycles. The molecular formula is C40H42F4N8O4. The fourth-order valence-electron chi connectivity index (χ4n) is 8.96. The summed E-state index contributed by atoms with van der Waals surface area (Å²) in [5, 5.41) is 9.96. The molecule has 5 heterocycles. The molecule has 16 heteroatoms. The van der Waals surface area contributed by atoms with Gasteiger partial charge in [0.15, 0.2) is 0 Å². The van der Waals surface area contributed by atoms with Gasteiger partial charge in [-0.3, -0.25) is 33.5 Å². The van der Waals surface area contributed by atoms with E-state index in [1.807, 2.05) is 23.0 Å². The van der Waals surface area contributed by atoms with E-state index < -0.39 is 41.2 Å². The number of fused-ring (bicyclic) bond motifs is 2. The van der Waals surface area contributed by atoms with Crippen LogP contribution in [0.5, 0.6) is 0 Å². The summed E-state index contributed by atoms with van der Waals surface area (Å²) in [6.45, 7) is 4.93. The Labute approximate surface area is 318 Å². The summed E-state index contributed by atoms with van der Waals surface area (Å²) in [7, 11) is 1.76. The van der Waals surface area contributed by atoms with E-state index in [0.29, 0.717) is 23.2 Å². The maximum absolute atomic E-state index is 15.0. The number of piperidine rings is 2. The number of hydrogen-bond acceptors (Lipinski definition) is 7. The van der Waals surface area contributed by atoms with Gasteiger partial charge in [0, 0.05) is 37.7 Å². The molecule has 1 saturated carbocycles. The maximum atomic E-state index is 15.0. The van der Waals surface area contributed by atoms with E-state index in [-0.39, 0.29) is 35.7 Å². The molecule has 1 aliphatic carbocycles. The van der Waals surface area contributed by atoms with Crippen molar-refractivity contribution in [1.82, 2.24) is 34.1 Å². The number of aromatic nitrogens is 5. The van der Waals surface area contributed by atoms with Gasteiger partial charge in [-0.15, -0.1) is 0 Å². The first kappa shape index (κ1) is 37.5. The molecule has 5 aromatic rings. The number of amides is 3. The average molecular weight is 775 g/mol. The van der Waals surface area contributed by atoms with Crippen LogP contribution in [0.4, 0.5) is 23.2 Å². The zero-order valence-electron chi connectivity index (χ0n) is 31.0. The number of halogens is 4. The predicted octanol–water partition coefficient (Wildman–Crippen LogP) is 6.39. The smallest absolute Gasteiger partial charge is 0.318 e. The molecule has 12 nitrogen and oxygen atoms in total. The highest BCUT2D eigenvalue weighted by Gasteiger charge is 2.35. The predicted molar refractivity (Wildman–Crippen MR) is 200 cm³/mol. The number of aryl methyl sites for hydroxylation is 2. The third-order valence-electron chi connectivity index (χ3n) is 11.9. The highest BCUT2D eigenvalue weighted by atomic mass is 19.4. The number of pyridine rings is 1. The number of alkyl halides is 3. The first-order valence-electron chi connectivity index (χ1n) is 19.1. The molecule has 0 bridgehead atoms. The molecule has 3 aliphatic rings. The number of carbonyl (C=O) groups excluding carboxylic acids is 3. The van der Waals surface area contributed by atoms with Gasteiger partial charge in [0.05, 0.1) is 28.3 Å². The number of hydrogen-bond donors (Lipinski definition) is 2. The fraction of sp³-hybridized carbons (Fsp3) is 0.450. The Kier molecular flexibility index (Phi) is 9.79. The van der Waals surface area contributed by atoms with Crippen LogP contribution in [0.3, 0.4) is 0 Å². The number of benzene rings is 2. The van der Waals surface area contributed by atoms with E-state index >= 15 is 4.39 Å². The molecule has 3 aromatic heterocycles. The zero-order chi connectivity index (χ0) is 39.5. The number of nitrogens with zero attached hydrogens (tertiary/aromatic N) is 6. The van der Waals surface area contributed by atoms with E-state index in [1.54, 1.807) is 16.2 Å². The summed E-state index contributed by atoms with van der Waals surface area (Å²) in [6, 6.07) is 8.98. The van der Waals surface area contributed by atoms with Gasteiger partial charge in [-0.1, -0.05) is 12.1 Å². The fourth-order valence-corrected chi connectivity index (χ4v) is 8.96. The lowest BCUT2D eigenvalue weighted by molar-refractivity contribution is -0.141. The molecule has 0 spiro atoms. The second kappa shape index (κ2) is 14.6. The van der Waals surface area contributed by atoms with Gasteiger partial charge in [0.25, 0.3) is 5.91 Å². The van der Waals surface area contributed by atoms with Gasteiger partial charge in [0.2, 0.25) is 11.8 Å². The topological polar surface area (TPSA) is 136 Å². The highest BCUT2D eigenvalue weighted by molar-refractivity contribution is 6.04. The number of rotatable bonds is 7. The van der Waals surface area contributed by atoms with E-state index in [4.69, 9.17) is 0 Å². The third-order valence-corrected chi connectivity index (χ3v) is 11.9. The molecule has 3 amide bonds. The molecule has 1 unspecified atom stereocenters. The van der Waals surface area contributed by atoms with Crippen LogP contribution in [-0.4, -0.2) is 66.2 Å². The van der Waals surface area contributed by atoms with Crippen molar-refractivity contribution in [2.45, 2.75) is 82.5 Å². The number of carbonyl (C=O) groups is 3. The Morgan fingerprint density at radius 1 is 0.982 bits per heavy atom. The van der Waals surface area contributed by atoms with E-state index in [1.165, 1.54) is 12.1 Å². The lowest BCUT2D eigenvalue weighted by Gasteiger charge is -2.37. The number of imidazole rings is 1. The van der Waals surface area contributed by atoms with Crippen molar-refractivity contribution in [3.63, 3.8) is 0 Å². The Morgan fingerprint density at radius 2 is 1.73 bits per heavy atom. The van der Waals surface area contributed by atoms with Gasteiger partial charge in [-0.2, -0.15) is 18.3 Å². The second-order valence-electron chi connectivity index (χ2n) is 15.5. The van der Waals surface area contributed by atoms with Crippen molar-refractivity contribution in [2.75, 3.05) is 25.0 Å². The minimum Gasteiger partial charge on any atom is -0.318 e. The summed E-state index contributed by atoms with van der Waals surface area (Å²) in [6.07, 6.45) is 3.31. The van der Waals surface area contributed by atoms with Crippen molar-refractivity contribution in [1.29, 1.82) is 0 Å². The number of anilines is 1. The quantitative estimate of drug-likeness (QED) is 0.145. The lowest BCUT2D eigenvalue weighted by Crippen LogP contribution is -2.44. The summed E-state index contributed by atoms with van der Waals surface area (Å²) in [5.74, 6) is -1.68. The van der Waals surface area contributed by atoms with Gasteiger partial charge < -0.3 is 10.2 Å². The highest BCUT2D eigenvalue weighted by Crippen LogP contribution is 2.38. The molecule has 1 atom stereocenters. The molecule has 8 rings (SSSR count). The summed E-state index contributed by atoms with van der Waals surface area (Å²) in [5.41, 5.74) is 2.16. The second-order valence-corrected chi connectivity index (χ2v) is 15.5. The van der Waals surface area contributed by atoms with Crippen LogP contribution >= 0.6 is 0 Å². The standard InChI is InChI=1S/C40H42F4N8O4/c1-22-6-11-31-36(49(2)39(56)52(31)32-12-13-34(53)47-38(32)55)35(22)24-14-16-50(17-15-24)20-23-7-9-26(10-8-23)51-21-25-18-30(27(41)19-29(25)48-51)46-37(54)28-4-3-5-33(45-28)40(42,43)44/h3-6,11,18-19,21,23-24,26,32H,7-10,12-17,20H2,1-2H3,(H,46,54)(H,47,53,55). The van der Waals surface area contributed by atoms with Gasteiger partial charge in [-0.25, -0.2) is 14.2 Å². The normalized spacial score (nSPS) is 21.5. The van der Waals surface area contributed by atoms with E-state index in [0.717, 1.165) is 98.5 Å². The molecule has 2 saturated heterocycles. The Hall–Kier alpha value is -5.38. The zero-order valence-corrected chi connectivity index (χ0v) is 31.0. The van der Waals surface area contributed by atoms with Crippen molar-refractivity contribution < 1.29 is 31.9 Å². The van der Waals surface area contributed by atoms with Gasteiger partial charge in [-0.05, 0) is 112 Å². The van der Waals surface area contributed by atoms with Gasteiger partial charge in [0.1, 0.15) is 23.2 Å². The molecule has 2 aromatic carbocycles. The van der Waals surface area contributed by atoms with Crippen LogP contribution in [0.15, 0.2) is 53.5 Å². The van der Waals surface area contributed by atoms with Crippen molar-refractivity contribution in [3.8, 4) is 0 Å². The Bertz CT molecular complexity index is 2420. The van der Waals surface area contributed by atoms with Crippen LogP contribution in [0, 0.1) is 18.7 Å². The number of likely N-dealkylation sites (tertiary alicyclic amines) is 1. The van der Waals surface area contributed by atoms with E-state index in [2.05, 4.69) is 32.5 Å². The van der Waals surface area contributed by atoms with Crippen LogP contribution in [0.25, 0.3) is 21.9 Å². The maximum Gasteiger partial charge on any atom is 0.433 e. The minimum absolute atomic E-state index is 0.127. The number of imide groups is 1. The van der Waals surface area contributed by atoms with Crippen molar-refractivity contribution >= 4 is 45.3 Å². The summed E-state index contributed by atoms with van der Waals surface area (Å²) in [4.78, 5) is 56.7. The van der Waals surface area contributed by atoms with Crippen LogP contribution in [0.1, 0.15) is 96.7 Å². The molecule has 294 valence electrons. The largest absolute Gasteiger partial charge is 0.433 e. The first-order chi connectivity index (χ1) is 26.7. The Balaban J connectivity index is 0.880. The van der Waals surface area contributed by atoms with Crippen molar-refractivity contribution in [2.24, 2.45) is 13.0 Å². The minimum atomic E-state index is -4.72. The Morgan fingerprint density at radius 3 is 2.45 bits per heavy atom. The molecule has 2 N–H and O–H groups in total. The number of nitrogens with one attached hydrogen (secondary N) is 2. The average Bonchev–Trinajstić information content (AvgIpc) is 3.69. The van der Waals surface area contributed by atoms with Gasteiger partial charge >= 0.3 is 11.9 Å². The molecule has 0 radical (unpaired) electrons. The molecule has 56 heavy (non-hydrogen) atoms. The lowest BCUT2D eigenvalue weighted by atomic mass is 9.83. The van der Waals surface area contributed by atoms with Crippen molar-refractivity contribution in [3.05, 3.63) is 87.5 Å². The molecular weight excluding hydrogens is 732 g/mol.